The van der Waals surface area contributed by atoms with Gasteiger partial charge < -0.3 is 5.32 Å². The van der Waals surface area contributed by atoms with Gasteiger partial charge in [-0.3, -0.25) is 0 Å². The number of halogens is 2. The minimum absolute atomic E-state index is 0.433. The van der Waals surface area contributed by atoms with Crippen LogP contribution in [0.3, 0.4) is 0 Å². The van der Waals surface area contributed by atoms with Gasteiger partial charge in [0.25, 0.3) is 0 Å². The predicted octanol–water partition coefficient (Wildman–Crippen LogP) is 2.11. The summed E-state index contributed by atoms with van der Waals surface area (Å²) in [6, 6.07) is 3.40. The summed E-state index contributed by atoms with van der Waals surface area (Å²) in [6.45, 7) is 0.681. The first-order chi connectivity index (χ1) is 5.22. The predicted molar refractivity (Wildman–Crippen MR) is 47.0 cm³/mol. The van der Waals surface area contributed by atoms with Crippen LogP contribution in [-0.2, 0) is 6.54 Å². The fourth-order valence-corrected chi connectivity index (χ4v) is 1.30. The van der Waals surface area contributed by atoms with Crippen LogP contribution in [0.25, 0.3) is 0 Å². The molecule has 1 heterocycles. The molecule has 1 aromatic heterocycles. The molecule has 0 bridgehead atoms. The van der Waals surface area contributed by atoms with Gasteiger partial charge in [0.2, 0.25) is 0 Å². The third-order valence-corrected chi connectivity index (χ3v) is 1.58. The van der Waals surface area contributed by atoms with E-state index in [0.29, 0.717) is 16.7 Å². The zero-order chi connectivity index (χ0) is 8.27. The van der Waals surface area contributed by atoms with Crippen LogP contribution in [0.2, 0.25) is 10.2 Å². The number of hydrogen-bond acceptors (Lipinski definition) is 2. The standard InChI is InChI=1S/C7H8Cl2N2/c1-10-4-6-2-5(8)3-7(9)11-6/h2-3,10H,4H2,1H3. The summed E-state index contributed by atoms with van der Waals surface area (Å²) in [4.78, 5) is 4.04. The number of rotatable bonds is 2. The minimum Gasteiger partial charge on any atom is -0.314 e. The van der Waals surface area contributed by atoms with E-state index in [0.717, 1.165) is 5.69 Å². The Labute approximate surface area is 75.5 Å². The lowest BCUT2D eigenvalue weighted by Gasteiger charge is -1.99. The van der Waals surface area contributed by atoms with Crippen molar-refractivity contribution in [2.75, 3.05) is 7.05 Å². The lowest BCUT2D eigenvalue weighted by Crippen LogP contribution is -2.06. The molecule has 1 aromatic rings. The van der Waals surface area contributed by atoms with Gasteiger partial charge in [0.05, 0.1) is 5.69 Å². The molecule has 0 aliphatic carbocycles. The van der Waals surface area contributed by atoms with E-state index in [1.807, 2.05) is 7.05 Å². The second-order valence-electron chi connectivity index (χ2n) is 2.13. The van der Waals surface area contributed by atoms with Crippen molar-refractivity contribution in [3.63, 3.8) is 0 Å². The van der Waals surface area contributed by atoms with Crippen molar-refractivity contribution in [3.8, 4) is 0 Å². The van der Waals surface area contributed by atoms with Crippen molar-refractivity contribution in [3.05, 3.63) is 28.0 Å². The van der Waals surface area contributed by atoms with Crippen molar-refractivity contribution < 1.29 is 0 Å². The Morgan fingerprint density at radius 2 is 2.18 bits per heavy atom. The van der Waals surface area contributed by atoms with Crippen molar-refractivity contribution >= 4 is 23.2 Å². The van der Waals surface area contributed by atoms with Crippen LogP contribution in [0.1, 0.15) is 5.69 Å². The van der Waals surface area contributed by atoms with Gasteiger partial charge in [0, 0.05) is 11.6 Å². The molecule has 0 spiro atoms. The Morgan fingerprint density at radius 3 is 2.73 bits per heavy atom. The highest BCUT2D eigenvalue weighted by atomic mass is 35.5. The van der Waals surface area contributed by atoms with Crippen LogP contribution in [-0.4, -0.2) is 12.0 Å². The van der Waals surface area contributed by atoms with Crippen LogP contribution < -0.4 is 5.32 Å². The summed E-state index contributed by atoms with van der Waals surface area (Å²) in [7, 11) is 1.84. The fraction of sp³-hybridized carbons (Fsp3) is 0.286. The highest BCUT2D eigenvalue weighted by molar-refractivity contribution is 6.33. The van der Waals surface area contributed by atoms with Gasteiger partial charge in [-0.1, -0.05) is 23.2 Å². The quantitative estimate of drug-likeness (QED) is 0.724. The lowest BCUT2D eigenvalue weighted by molar-refractivity contribution is 0.791. The maximum absolute atomic E-state index is 5.73. The molecular formula is C7H8Cl2N2. The van der Waals surface area contributed by atoms with Gasteiger partial charge in [-0.25, -0.2) is 4.98 Å². The normalized spacial score (nSPS) is 10.1. The van der Waals surface area contributed by atoms with Gasteiger partial charge in [0.15, 0.2) is 0 Å². The third-order valence-electron chi connectivity index (χ3n) is 1.17. The third kappa shape index (κ3) is 2.66. The molecule has 1 rings (SSSR count). The largest absolute Gasteiger partial charge is 0.314 e. The van der Waals surface area contributed by atoms with Crippen LogP contribution in [0.4, 0.5) is 0 Å². The van der Waals surface area contributed by atoms with Gasteiger partial charge in [0.1, 0.15) is 5.15 Å². The maximum atomic E-state index is 5.73. The average molecular weight is 191 g/mol. The molecule has 11 heavy (non-hydrogen) atoms. The van der Waals surface area contributed by atoms with Gasteiger partial charge in [-0.05, 0) is 19.2 Å². The highest BCUT2D eigenvalue weighted by Gasteiger charge is 1.97. The summed E-state index contributed by atoms with van der Waals surface area (Å²) in [5.74, 6) is 0. The first kappa shape index (κ1) is 8.78. The van der Waals surface area contributed by atoms with Crippen LogP contribution in [0, 0.1) is 0 Å². The van der Waals surface area contributed by atoms with E-state index >= 15 is 0 Å². The molecule has 0 aromatic carbocycles. The van der Waals surface area contributed by atoms with Crippen LogP contribution in [0.15, 0.2) is 12.1 Å². The Bertz CT molecular complexity index is 230. The molecule has 2 nitrogen and oxygen atoms in total. The second kappa shape index (κ2) is 3.90. The topological polar surface area (TPSA) is 24.9 Å². The molecule has 0 saturated carbocycles. The SMILES string of the molecule is CNCc1cc(Cl)cc(Cl)n1. The molecule has 0 amide bonds. The smallest absolute Gasteiger partial charge is 0.130 e. The number of hydrogen-bond donors (Lipinski definition) is 1. The Hall–Kier alpha value is -0.310. The zero-order valence-electron chi connectivity index (χ0n) is 6.06. The number of pyridine rings is 1. The lowest BCUT2D eigenvalue weighted by atomic mass is 10.3. The summed E-state index contributed by atoms with van der Waals surface area (Å²) >= 11 is 11.4. The molecule has 60 valence electrons. The molecule has 4 heteroatoms. The number of nitrogens with zero attached hydrogens (tertiary/aromatic N) is 1. The number of aromatic nitrogens is 1. The summed E-state index contributed by atoms with van der Waals surface area (Å²) in [5.41, 5.74) is 0.852. The Morgan fingerprint density at radius 1 is 1.45 bits per heavy atom. The Balaban J connectivity index is 2.89. The second-order valence-corrected chi connectivity index (χ2v) is 2.95. The van der Waals surface area contributed by atoms with E-state index in [2.05, 4.69) is 10.3 Å². The summed E-state index contributed by atoms with van der Waals surface area (Å²) in [5, 5.41) is 4.01. The van der Waals surface area contributed by atoms with Crippen LogP contribution >= 0.6 is 23.2 Å². The molecule has 1 N–H and O–H groups in total. The van der Waals surface area contributed by atoms with Gasteiger partial charge >= 0.3 is 0 Å². The van der Waals surface area contributed by atoms with E-state index in [4.69, 9.17) is 23.2 Å². The molecule has 0 unspecified atom stereocenters. The van der Waals surface area contributed by atoms with Gasteiger partial charge in [-0.2, -0.15) is 0 Å². The molecule has 0 fully saturated rings. The van der Waals surface area contributed by atoms with E-state index < -0.39 is 0 Å². The number of nitrogens with one attached hydrogen (secondary N) is 1. The fourth-order valence-electron chi connectivity index (χ4n) is 0.788. The molecule has 0 radical (unpaired) electrons. The average Bonchev–Trinajstić information content (AvgIpc) is 1.85. The molecule has 0 saturated heterocycles. The van der Waals surface area contributed by atoms with Crippen molar-refractivity contribution in [2.45, 2.75) is 6.54 Å². The summed E-state index contributed by atoms with van der Waals surface area (Å²) < 4.78 is 0. The molecule has 0 atom stereocenters. The van der Waals surface area contributed by atoms with E-state index in [1.54, 1.807) is 12.1 Å². The molecule has 0 aliphatic rings. The van der Waals surface area contributed by atoms with E-state index in [-0.39, 0.29) is 0 Å². The maximum Gasteiger partial charge on any atom is 0.130 e. The molecule has 0 aliphatic heterocycles. The first-order valence-electron chi connectivity index (χ1n) is 3.19. The first-order valence-corrected chi connectivity index (χ1v) is 3.94. The zero-order valence-corrected chi connectivity index (χ0v) is 7.58. The van der Waals surface area contributed by atoms with Crippen molar-refractivity contribution in [1.29, 1.82) is 0 Å². The van der Waals surface area contributed by atoms with E-state index in [1.165, 1.54) is 0 Å². The minimum atomic E-state index is 0.433. The van der Waals surface area contributed by atoms with Crippen molar-refractivity contribution in [2.24, 2.45) is 0 Å². The van der Waals surface area contributed by atoms with Crippen LogP contribution in [0.5, 0.6) is 0 Å². The monoisotopic (exact) mass is 190 g/mol. The summed E-state index contributed by atoms with van der Waals surface area (Å²) in [6.07, 6.45) is 0. The van der Waals surface area contributed by atoms with Crippen molar-refractivity contribution in [1.82, 2.24) is 10.3 Å². The molecular weight excluding hydrogens is 183 g/mol. The Kier molecular flexibility index (Phi) is 3.12. The highest BCUT2D eigenvalue weighted by Crippen LogP contribution is 2.14. The van der Waals surface area contributed by atoms with Gasteiger partial charge in [-0.15, -0.1) is 0 Å². The van der Waals surface area contributed by atoms with E-state index in [9.17, 15) is 0 Å².